The molecule has 2 heterocycles. The summed E-state index contributed by atoms with van der Waals surface area (Å²) < 4.78 is 6.25. The molecule has 25 heavy (non-hydrogen) atoms. The van der Waals surface area contributed by atoms with E-state index in [1.54, 1.807) is 10.9 Å². The smallest absolute Gasteiger partial charge is 0.327 e. The first-order valence-corrected chi connectivity index (χ1v) is 9.10. The highest BCUT2D eigenvalue weighted by atomic mass is 16.5. The lowest BCUT2D eigenvalue weighted by Gasteiger charge is -2.32. The molecule has 0 amide bonds. The molecule has 1 aliphatic carbocycles. The van der Waals surface area contributed by atoms with E-state index in [9.17, 15) is 4.79 Å². The van der Waals surface area contributed by atoms with Gasteiger partial charge in [0.25, 0.3) is 0 Å². The van der Waals surface area contributed by atoms with E-state index in [2.05, 4.69) is 34.2 Å². The van der Waals surface area contributed by atoms with Gasteiger partial charge in [0.05, 0.1) is 18.7 Å². The fraction of sp³-hybridized carbons (Fsp3) is 0.667. The number of carbonyl (C=O) groups excluding carboxylic acids is 1. The van der Waals surface area contributed by atoms with Crippen LogP contribution in [0.3, 0.4) is 0 Å². The molecule has 0 saturated heterocycles. The SMILES string of the molecule is COC(=O)Cn1ncc2c(NC(C)C(C)C3CCCCC3)ncnc21. The second kappa shape index (κ2) is 7.80. The van der Waals surface area contributed by atoms with Gasteiger partial charge in [-0.25, -0.2) is 14.6 Å². The lowest BCUT2D eigenvalue weighted by Crippen LogP contribution is -2.31. The van der Waals surface area contributed by atoms with Crippen molar-refractivity contribution in [2.45, 2.75) is 58.5 Å². The summed E-state index contributed by atoms with van der Waals surface area (Å²) in [5.41, 5.74) is 0.639. The molecule has 1 aliphatic rings. The van der Waals surface area contributed by atoms with Crippen molar-refractivity contribution < 1.29 is 9.53 Å². The van der Waals surface area contributed by atoms with Crippen LogP contribution in [0.4, 0.5) is 5.82 Å². The van der Waals surface area contributed by atoms with Gasteiger partial charge in [-0.1, -0.05) is 39.0 Å². The van der Waals surface area contributed by atoms with Crippen LogP contribution in [0, 0.1) is 11.8 Å². The van der Waals surface area contributed by atoms with Crippen molar-refractivity contribution >= 4 is 22.8 Å². The first-order valence-electron chi connectivity index (χ1n) is 9.10. The number of carbonyl (C=O) groups is 1. The molecule has 2 unspecified atom stereocenters. The number of anilines is 1. The predicted octanol–water partition coefficient (Wildman–Crippen LogP) is 3.02. The second-order valence-electron chi connectivity index (χ2n) is 7.03. The Labute approximate surface area is 148 Å². The van der Waals surface area contributed by atoms with Gasteiger partial charge in [0.2, 0.25) is 0 Å². The minimum Gasteiger partial charge on any atom is -0.468 e. The van der Waals surface area contributed by atoms with Gasteiger partial charge in [0.15, 0.2) is 5.65 Å². The van der Waals surface area contributed by atoms with Gasteiger partial charge in [-0.3, -0.25) is 4.79 Å². The molecule has 2 aromatic heterocycles. The van der Waals surface area contributed by atoms with Crippen LogP contribution < -0.4 is 5.32 Å². The van der Waals surface area contributed by atoms with E-state index in [4.69, 9.17) is 4.74 Å². The van der Waals surface area contributed by atoms with Gasteiger partial charge < -0.3 is 10.1 Å². The summed E-state index contributed by atoms with van der Waals surface area (Å²) in [7, 11) is 1.37. The summed E-state index contributed by atoms with van der Waals surface area (Å²) in [5, 5.41) is 8.63. The maximum absolute atomic E-state index is 11.5. The molecule has 3 rings (SSSR count). The van der Waals surface area contributed by atoms with Crippen molar-refractivity contribution in [2.75, 3.05) is 12.4 Å². The van der Waals surface area contributed by atoms with Crippen LogP contribution in [0.15, 0.2) is 12.5 Å². The molecule has 1 N–H and O–H groups in total. The normalized spacial score (nSPS) is 18.0. The molecule has 0 spiro atoms. The van der Waals surface area contributed by atoms with Gasteiger partial charge in [0.1, 0.15) is 18.7 Å². The molecule has 1 saturated carbocycles. The standard InChI is InChI=1S/C18H27N5O2/c1-12(14-7-5-4-6-8-14)13(2)22-17-15-9-21-23(10-16(24)25-3)18(15)20-11-19-17/h9,11-14H,4-8,10H2,1-3H3,(H,19,20,22). The van der Waals surface area contributed by atoms with Gasteiger partial charge in [0, 0.05) is 6.04 Å². The number of fused-ring (bicyclic) bond motifs is 1. The highest BCUT2D eigenvalue weighted by molar-refractivity contribution is 5.87. The van der Waals surface area contributed by atoms with E-state index in [0.29, 0.717) is 17.6 Å². The maximum Gasteiger partial charge on any atom is 0.327 e. The molecule has 0 aliphatic heterocycles. The fourth-order valence-corrected chi connectivity index (χ4v) is 3.73. The molecule has 0 aromatic carbocycles. The van der Waals surface area contributed by atoms with Crippen molar-refractivity contribution in [3.63, 3.8) is 0 Å². The Morgan fingerprint density at radius 1 is 1.32 bits per heavy atom. The Morgan fingerprint density at radius 3 is 2.80 bits per heavy atom. The summed E-state index contributed by atoms with van der Waals surface area (Å²) in [5.74, 6) is 1.78. The highest BCUT2D eigenvalue weighted by Gasteiger charge is 2.25. The van der Waals surface area contributed by atoms with Crippen LogP contribution >= 0.6 is 0 Å². The topological polar surface area (TPSA) is 81.9 Å². The molecule has 1 fully saturated rings. The molecule has 7 nitrogen and oxygen atoms in total. The first kappa shape index (κ1) is 17.6. The number of esters is 1. The number of rotatable bonds is 6. The molecule has 2 aromatic rings. The number of aromatic nitrogens is 4. The third-order valence-corrected chi connectivity index (χ3v) is 5.49. The Morgan fingerprint density at radius 2 is 2.08 bits per heavy atom. The third kappa shape index (κ3) is 3.91. The van der Waals surface area contributed by atoms with Crippen molar-refractivity contribution in [1.82, 2.24) is 19.7 Å². The lowest BCUT2D eigenvalue weighted by molar-refractivity contribution is -0.141. The van der Waals surface area contributed by atoms with Crippen LogP contribution in [0.2, 0.25) is 0 Å². The largest absolute Gasteiger partial charge is 0.468 e. The van der Waals surface area contributed by atoms with Crippen molar-refractivity contribution in [3.05, 3.63) is 12.5 Å². The van der Waals surface area contributed by atoms with E-state index in [1.165, 1.54) is 45.5 Å². The number of methoxy groups -OCH3 is 1. The Hall–Kier alpha value is -2.18. The van der Waals surface area contributed by atoms with Gasteiger partial charge in [-0.05, 0) is 18.8 Å². The highest BCUT2D eigenvalue weighted by Crippen LogP contribution is 2.32. The first-order chi connectivity index (χ1) is 12.1. The van der Waals surface area contributed by atoms with Crippen molar-refractivity contribution in [1.29, 1.82) is 0 Å². The monoisotopic (exact) mass is 345 g/mol. The summed E-state index contributed by atoms with van der Waals surface area (Å²) in [6, 6.07) is 0.310. The minimum atomic E-state index is -0.350. The quantitative estimate of drug-likeness (QED) is 0.811. The number of ether oxygens (including phenoxy) is 1. The summed E-state index contributed by atoms with van der Waals surface area (Å²) in [6.07, 6.45) is 9.93. The average Bonchev–Trinajstić information content (AvgIpc) is 3.05. The molecule has 2 atom stereocenters. The van der Waals surface area contributed by atoms with Gasteiger partial charge >= 0.3 is 5.97 Å². The molecule has 0 radical (unpaired) electrons. The Balaban J connectivity index is 1.75. The fourth-order valence-electron chi connectivity index (χ4n) is 3.73. The number of nitrogens with zero attached hydrogens (tertiary/aromatic N) is 4. The zero-order valence-electron chi connectivity index (χ0n) is 15.2. The third-order valence-electron chi connectivity index (χ3n) is 5.49. The van der Waals surface area contributed by atoms with Crippen LogP contribution in [0.5, 0.6) is 0 Å². The van der Waals surface area contributed by atoms with Gasteiger partial charge in [-0.15, -0.1) is 0 Å². The van der Waals surface area contributed by atoms with E-state index in [-0.39, 0.29) is 12.5 Å². The van der Waals surface area contributed by atoms with E-state index < -0.39 is 0 Å². The zero-order valence-corrected chi connectivity index (χ0v) is 15.2. The molecular weight excluding hydrogens is 318 g/mol. The number of nitrogens with one attached hydrogen (secondary N) is 1. The van der Waals surface area contributed by atoms with E-state index in [0.717, 1.165) is 17.1 Å². The molecule has 0 bridgehead atoms. The van der Waals surface area contributed by atoms with Crippen molar-refractivity contribution in [2.24, 2.45) is 11.8 Å². The van der Waals surface area contributed by atoms with Crippen molar-refractivity contribution in [3.8, 4) is 0 Å². The Kier molecular flexibility index (Phi) is 5.50. The summed E-state index contributed by atoms with van der Waals surface area (Å²) >= 11 is 0. The van der Waals surface area contributed by atoms with Gasteiger partial charge in [-0.2, -0.15) is 5.10 Å². The maximum atomic E-state index is 11.5. The van der Waals surface area contributed by atoms with Crippen LogP contribution in [0.25, 0.3) is 11.0 Å². The zero-order chi connectivity index (χ0) is 17.8. The van der Waals surface area contributed by atoms with Crippen LogP contribution in [-0.4, -0.2) is 38.9 Å². The van der Waals surface area contributed by atoms with Crippen LogP contribution in [0.1, 0.15) is 46.0 Å². The molecule has 136 valence electrons. The predicted molar refractivity (Wildman–Crippen MR) is 96.2 cm³/mol. The van der Waals surface area contributed by atoms with E-state index in [1.807, 2.05) is 0 Å². The second-order valence-corrected chi connectivity index (χ2v) is 7.03. The molecular formula is C18H27N5O2. The van der Waals surface area contributed by atoms with Crippen LogP contribution in [-0.2, 0) is 16.1 Å². The van der Waals surface area contributed by atoms with E-state index >= 15 is 0 Å². The summed E-state index contributed by atoms with van der Waals surface area (Å²) in [4.78, 5) is 20.2. The lowest BCUT2D eigenvalue weighted by atomic mass is 9.78. The minimum absolute atomic E-state index is 0.0461. The summed E-state index contributed by atoms with van der Waals surface area (Å²) in [6.45, 7) is 4.59. The molecule has 7 heteroatoms. The number of hydrogen-bond donors (Lipinski definition) is 1. The Bertz CT molecular complexity index is 723. The average molecular weight is 345 g/mol. The number of hydrogen-bond acceptors (Lipinski definition) is 6.